The van der Waals surface area contributed by atoms with E-state index in [-0.39, 0.29) is 18.5 Å². The van der Waals surface area contributed by atoms with E-state index in [0.717, 1.165) is 29.7 Å². The van der Waals surface area contributed by atoms with Gasteiger partial charge in [0.15, 0.2) is 11.5 Å². The number of ether oxygens (including phenoxy) is 2. The summed E-state index contributed by atoms with van der Waals surface area (Å²) in [6.45, 7) is 4.62. The fourth-order valence-electron chi connectivity index (χ4n) is 4.00. The number of carbonyl (C=O) groups is 4. The second-order valence-corrected chi connectivity index (χ2v) is 7.38. The summed E-state index contributed by atoms with van der Waals surface area (Å²) in [4.78, 5) is 52.6. The minimum atomic E-state index is -0.985. The van der Waals surface area contributed by atoms with Gasteiger partial charge in [-0.15, -0.1) is 6.58 Å². The Balaban J connectivity index is 1.50. The van der Waals surface area contributed by atoms with Crippen molar-refractivity contribution < 1.29 is 28.7 Å². The largest absolute Gasteiger partial charge is 0.490 e. The number of rotatable bonds is 5. The Morgan fingerprint density at radius 2 is 1.80 bits per heavy atom. The van der Waals surface area contributed by atoms with Crippen molar-refractivity contribution in [1.82, 2.24) is 14.7 Å². The summed E-state index contributed by atoms with van der Waals surface area (Å²) >= 11 is 0. The van der Waals surface area contributed by atoms with Crippen LogP contribution < -0.4 is 9.47 Å². The van der Waals surface area contributed by atoms with Gasteiger partial charge in [0.05, 0.1) is 19.3 Å². The predicted molar refractivity (Wildman–Crippen MR) is 105 cm³/mol. The van der Waals surface area contributed by atoms with E-state index < -0.39 is 24.4 Å². The van der Waals surface area contributed by atoms with Gasteiger partial charge in [-0.25, -0.2) is 9.69 Å². The number of nitrogens with zero attached hydrogens (tertiary/aromatic N) is 3. The van der Waals surface area contributed by atoms with Crippen LogP contribution >= 0.6 is 0 Å². The van der Waals surface area contributed by atoms with E-state index in [1.54, 1.807) is 4.90 Å². The highest BCUT2D eigenvalue weighted by molar-refractivity contribution is 6.45. The number of imide groups is 2. The summed E-state index contributed by atoms with van der Waals surface area (Å²) in [5, 5.41) is 0. The molecule has 4 rings (SSSR count). The Morgan fingerprint density at radius 1 is 1.07 bits per heavy atom. The van der Waals surface area contributed by atoms with Crippen LogP contribution in [0.25, 0.3) is 0 Å². The van der Waals surface area contributed by atoms with E-state index in [0.29, 0.717) is 36.2 Å². The van der Waals surface area contributed by atoms with Gasteiger partial charge in [0.1, 0.15) is 6.54 Å². The number of amides is 5. The average Bonchev–Trinajstić information content (AvgIpc) is 3.21. The van der Waals surface area contributed by atoms with E-state index in [9.17, 15) is 19.2 Å². The van der Waals surface area contributed by atoms with E-state index in [2.05, 4.69) is 6.58 Å². The normalized spacial score (nSPS) is 21.3. The van der Waals surface area contributed by atoms with Gasteiger partial charge in [-0.3, -0.25) is 19.3 Å². The van der Waals surface area contributed by atoms with Crippen LogP contribution in [0.3, 0.4) is 0 Å². The van der Waals surface area contributed by atoms with Crippen LogP contribution in [0, 0.1) is 0 Å². The van der Waals surface area contributed by atoms with E-state index >= 15 is 0 Å². The molecule has 3 heterocycles. The zero-order valence-corrected chi connectivity index (χ0v) is 16.5. The van der Waals surface area contributed by atoms with Crippen LogP contribution in [-0.2, 0) is 14.4 Å². The van der Waals surface area contributed by atoms with Crippen molar-refractivity contribution in [2.45, 2.75) is 25.3 Å². The summed E-state index contributed by atoms with van der Waals surface area (Å²) in [7, 11) is 0. The van der Waals surface area contributed by atoms with Crippen molar-refractivity contribution in [3.05, 3.63) is 36.4 Å². The van der Waals surface area contributed by atoms with Gasteiger partial charge in [0.25, 0.3) is 0 Å². The van der Waals surface area contributed by atoms with Gasteiger partial charge < -0.3 is 14.4 Å². The van der Waals surface area contributed by atoms with Gasteiger partial charge in [-0.05, 0) is 30.5 Å². The fourth-order valence-corrected chi connectivity index (χ4v) is 4.00. The van der Waals surface area contributed by atoms with Gasteiger partial charge >= 0.3 is 17.8 Å². The molecule has 30 heavy (non-hydrogen) atoms. The third-order valence-electron chi connectivity index (χ3n) is 5.47. The lowest BCUT2D eigenvalue weighted by atomic mass is 10.0. The Bertz CT molecular complexity index is 914. The Kier molecular flexibility index (Phi) is 5.43. The maximum absolute atomic E-state index is 13.0. The number of carbonyl (C=O) groups excluding carboxylic acids is 4. The number of urea groups is 1. The molecule has 9 heteroatoms. The monoisotopic (exact) mass is 413 g/mol. The van der Waals surface area contributed by atoms with Crippen LogP contribution in [-0.4, -0.2) is 71.3 Å². The molecule has 0 saturated carbocycles. The molecule has 3 aliphatic heterocycles. The van der Waals surface area contributed by atoms with Crippen LogP contribution in [0.15, 0.2) is 30.9 Å². The molecule has 1 atom stereocenters. The second-order valence-electron chi connectivity index (χ2n) is 7.38. The molecule has 0 spiro atoms. The number of hydrogen-bond donors (Lipinski definition) is 0. The van der Waals surface area contributed by atoms with Crippen LogP contribution in [0.1, 0.15) is 30.9 Å². The third kappa shape index (κ3) is 3.51. The smallest absolute Gasteiger partial charge is 0.335 e. The molecule has 0 aromatic heterocycles. The quantitative estimate of drug-likeness (QED) is 0.412. The Hall–Kier alpha value is -3.36. The van der Waals surface area contributed by atoms with Gasteiger partial charge in [-0.1, -0.05) is 12.1 Å². The van der Waals surface area contributed by atoms with E-state index in [4.69, 9.17) is 9.47 Å². The highest BCUT2D eigenvalue weighted by Crippen LogP contribution is 2.38. The van der Waals surface area contributed by atoms with E-state index in [1.807, 2.05) is 18.2 Å². The molecular weight excluding hydrogens is 390 g/mol. The topological polar surface area (TPSA) is 96.5 Å². The first-order valence-electron chi connectivity index (χ1n) is 9.98. The summed E-state index contributed by atoms with van der Waals surface area (Å²) in [5.74, 6) is -0.962. The molecule has 5 amide bonds. The third-order valence-corrected chi connectivity index (χ3v) is 5.47. The van der Waals surface area contributed by atoms with Gasteiger partial charge in [-0.2, -0.15) is 0 Å². The first kappa shape index (κ1) is 19.9. The zero-order valence-electron chi connectivity index (χ0n) is 16.5. The molecule has 9 nitrogen and oxygen atoms in total. The lowest BCUT2D eigenvalue weighted by Crippen LogP contribution is -2.43. The summed E-state index contributed by atoms with van der Waals surface area (Å²) in [5.41, 5.74) is 0.911. The van der Waals surface area contributed by atoms with Crippen molar-refractivity contribution in [1.29, 1.82) is 0 Å². The van der Waals surface area contributed by atoms with Crippen molar-refractivity contribution in [3.8, 4) is 11.5 Å². The minimum absolute atomic E-state index is 0.0718. The molecular formula is C21H23N3O6. The summed E-state index contributed by atoms with van der Waals surface area (Å²) in [6, 6.07) is 4.66. The molecule has 3 aliphatic rings. The maximum atomic E-state index is 13.0. The molecule has 1 unspecified atom stereocenters. The number of benzene rings is 1. The first-order valence-corrected chi connectivity index (χ1v) is 9.98. The molecule has 2 fully saturated rings. The molecule has 0 N–H and O–H groups in total. The van der Waals surface area contributed by atoms with Crippen LogP contribution in [0.4, 0.5) is 4.79 Å². The molecule has 158 valence electrons. The first-order chi connectivity index (χ1) is 14.5. The van der Waals surface area contributed by atoms with Crippen molar-refractivity contribution >= 4 is 23.8 Å². The highest BCUT2D eigenvalue weighted by Gasteiger charge is 2.45. The molecule has 2 saturated heterocycles. The standard InChI is InChI=1S/C21H23N3O6/c1-2-8-23-19(26)20(27)24(21(23)28)13-18(25)22-9-3-5-15(22)14-6-7-16-17(12-14)30-11-4-10-29-16/h2,6-7,12,15H,1,3-5,8-11,13H2. The predicted octanol–water partition coefficient (Wildman–Crippen LogP) is 1.49. The van der Waals surface area contributed by atoms with Gasteiger partial charge in [0.2, 0.25) is 5.91 Å². The molecule has 0 radical (unpaired) electrons. The highest BCUT2D eigenvalue weighted by atomic mass is 16.5. The SMILES string of the molecule is C=CCN1C(=O)C(=O)N(CC(=O)N2CCCC2c2ccc3c(c2)OCCCO3)C1=O. The van der Waals surface area contributed by atoms with Crippen LogP contribution in [0.5, 0.6) is 11.5 Å². The van der Waals surface area contributed by atoms with Gasteiger partial charge in [0, 0.05) is 19.5 Å². The molecule has 1 aromatic rings. The van der Waals surface area contributed by atoms with Crippen molar-refractivity contribution in [2.75, 3.05) is 32.8 Å². The second kappa shape index (κ2) is 8.17. The summed E-state index contributed by atoms with van der Waals surface area (Å²) < 4.78 is 11.4. The molecule has 0 bridgehead atoms. The van der Waals surface area contributed by atoms with Crippen molar-refractivity contribution in [3.63, 3.8) is 0 Å². The summed E-state index contributed by atoms with van der Waals surface area (Å²) in [6.07, 6.45) is 3.72. The van der Waals surface area contributed by atoms with E-state index in [1.165, 1.54) is 6.08 Å². The number of fused-ring (bicyclic) bond motifs is 1. The Morgan fingerprint density at radius 3 is 2.57 bits per heavy atom. The minimum Gasteiger partial charge on any atom is -0.490 e. The zero-order chi connectivity index (χ0) is 21.3. The molecule has 0 aliphatic carbocycles. The molecule has 1 aromatic carbocycles. The number of likely N-dealkylation sites (tertiary alicyclic amines) is 1. The fraction of sp³-hybridized carbons (Fsp3) is 0.429. The lowest BCUT2D eigenvalue weighted by Gasteiger charge is -2.27. The maximum Gasteiger partial charge on any atom is 0.335 e. The van der Waals surface area contributed by atoms with Crippen molar-refractivity contribution in [2.24, 2.45) is 0 Å². The number of hydrogen-bond acceptors (Lipinski definition) is 6. The van der Waals surface area contributed by atoms with Crippen LogP contribution in [0.2, 0.25) is 0 Å². The average molecular weight is 413 g/mol. The Labute approximate surface area is 173 Å². The lowest BCUT2D eigenvalue weighted by molar-refractivity contribution is -0.145.